The molecule has 2 aromatic heterocycles. The largest absolute Gasteiger partial charge is 0.360 e. The maximum Gasteiger partial charge on any atom is 0.230 e. The molecule has 2 aromatic carbocycles. The Kier molecular flexibility index (Phi) is 5.58. The summed E-state index contributed by atoms with van der Waals surface area (Å²) in [4.78, 5) is 15.9. The van der Waals surface area contributed by atoms with E-state index in [-0.39, 0.29) is 11.9 Å². The van der Waals surface area contributed by atoms with Crippen molar-refractivity contribution in [2.75, 3.05) is 5.75 Å². The number of carbonyl (C=O) groups excluding carboxylic acids is 1. The lowest BCUT2D eigenvalue weighted by Crippen LogP contribution is -2.28. The van der Waals surface area contributed by atoms with Crippen LogP contribution in [0, 0.1) is 0 Å². The van der Waals surface area contributed by atoms with Crippen molar-refractivity contribution in [2.24, 2.45) is 0 Å². The lowest BCUT2D eigenvalue weighted by atomic mass is 10.1. The third-order valence-electron chi connectivity index (χ3n) is 5.49. The molecule has 0 bridgehead atoms. The summed E-state index contributed by atoms with van der Waals surface area (Å²) in [5.74, 6) is 1.16. The van der Waals surface area contributed by atoms with Crippen molar-refractivity contribution in [1.82, 2.24) is 25.1 Å². The second-order valence-electron chi connectivity index (χ2n) is 7.78. The van der Waals surface area contributed by atoms with E-state index in [1.165, 1.54) is 11.8 Å². The number of benzene rings is 2. The van der Waals surface area contributed by atoms with Crippen LogP contribution in [0.25, 0.3) is 22.3 Å². The van der Waals surface area contributed by atoms with Gasteiger partial charge < -0.3 is 10.3 Å². The highest BCUT2D eigenvalue weighted by atomic mass is 79.9. The van der Waals surface area contributed by atoms with E-state index in [0.717, 1.165) is 50.3 Å². The van der Waals surface area contributed by atoms with Crippen LogP contribution >= 0.6 is 27.7 Å². The van der Waals surface area contributed by atoms with Crippen molar-refractivity contribution in [2.45, 2.75) is 37.0 Å². The summed E-state index contributed by atoms with van der Waals surface area (Å²) in [5, 5.41) is 13.9. The molecule has 2 N–H and O–H groups in total. The van der Waals surface area contributed by atoms with Gasteiger partial charge in [-0.15, -0.1) is 10.2 Å². The number of rotatable bonds is 7. The lowest BCUT2D eigenvalue weighted by molar-refractivity contribution is -0.119. The Bertz CT molecular complexity index is 1230. The first-order valence-electron chi connectivity index (χ1n) is 10.3. The van der Waals surface area contributed by atoms with E-state index in [0.29, 0.717) is 11.8 Å². The molecule has 4 aromatic rings. The number of fused-ring (bicyclic) bond motifs is 1. The standard InChI is InChI=1S/C23H22BrN5OS/c1-14(15-6-8-16(24)9-7-15)26-21(30)13-31-23-28-27-22(29(23)17-10-11-17)19-12-25-20-5-3-2-4-18(19)20/h2-9,12,14,17,25H,10-11,13H2,1H3,(H,26,30). The van der Waals surface area contributed by atoms with Gasteiger partial charge in [-0.2, -0.15) is 0 Å². The Labute approximate surface area is 193 Å². The van der Waals surface area contributed by atoms with Crippen LogP contribution in [-0.2, 0) is 4.79 Å². The van der Waals surface area contributed by atoms with Gasteiger partial charge in [0.05, 0.1) is 11.8 Å². The number of hydrogen-bond donors (Lipinski definition) is 2. The smallest absolute Gasteiger partial charge is 0.230 e. The van der Waals surface area contributed by atoms with Crippen LogP contribution in [0.3, 0.4) is 0 Å². The van der Waals surface area contributed by atoms with Crippen molar-refractivity contribution >= 4 is 44.5 Å². The Morgan fingerprint density at radius 2 is 2.00 bits per heavy atom. The van der Waals surface area contributed by atoms with Gasteiger partial charge >= 0.3 is 0 Å². The number of amides is 1. The van der Waals surface area contributed by atoms with E-state index >= 15 is 0 Å². The molecular formula is C23H22BrN5OS. The zero-order valence-corrected chi connectivity index (χ0v) is 19.4. The maximum atomic E-state index is 12.6. The number of nitrogens with one attached hydrogen (secondary N) is 2. The van der Waals surface area contributed by atoms with Gasteiger partial charge in [-0.3, -0.25) is 9.36 Å². The van der Waals surface area contributed by atoms with Gasteiger partial charge in [-0.1, -0.05) is 58.0 Å². The molecule has 158 valence electrons. The maximum absolute atomic E-state index is 12.6. The molecule has 1 amide bonds. The van der Waals surface area contributed by atoms with E-state index in [1.807, 2.05) is 49.5 Å². The number of hydrogen-bond acceptors (Lipinski definition) is 4. The fraction of sp³-hybridized carbons (Fsp3) is 0.261. The molecule has 8 heteroatoms. The van der Waals surface area contributed by atoms with Gasteiger partial charge in [-0.05, 0) is 43.5 Å². The molecule has 2 heterocycles. The molecule has 0 aliphatic heterocycles. The zero-order valence-electron chi connectivity index (χ0n) is 17.0. The minimum absolute atomic E-state index is 0.0144. The third kappa shape index (κ3) is 4.27. The predicted octanol–water partition coefficient (Wildman–Crippen LogP) is 5.49. The highest BCUT2D eigenvalue weighted by Crippen LogP contribution is 2.42. The molecule has 1 aliphatic rings. The molecule has 1 fully saturated rings. The summed E-state index contributed by atoms with van der Waals surface area (Å²) in [7, 11) is 0. The van der Waals surface area contributed by atoms with E-state index in [9.17, 15) is 4.79 Å². The average Bonchev–Trinajstić information content (AvgIpc) is 3.38. The fourth-order valence-electron chi connectivity index (χ4n) is 3.73. The average molecular weight is 496 g/mol. The molecule has 31 heavy (non-hydrogen) atoms. The van der Waals surface area contributed by atoms with E-state index in [2.05, 4.69) is 53.1 Å². The summed E-state index contributed by atoms with van der Waals surface area (Å²) in [6.07, 6.45) is 4.23. The summed E-state index contributed by atoms with van der Waals surface area (Å²) < 4.78 is 3.22. The Morgan fingerprint density at radius 1 is 1.23 bits per heavy atom. The normalized spacial score (nSPS) is 14.6. The molecule has 6 nitrogen and oxygen atoms in total. The number of H-pyrrole nitrogens is 1. The summed E-state index contributed by atoms with van der Waals surface area (Å²) >= 11 is 4.89. The van der Waals surface area contributed by atoms with Gasteiger partial charge in [0.15, 0.2) is 11.0 Å². The van der Waals surface area contributed by atoms with Crippen LogP contribution in [0.5, 0.6) is 0 Å². The second-order valence-corrected chi connectivity index (χ2v) is 9.64. The first kappa shape index (κ1) is 20.3. The number of thioether (sulfide) groups is 1. The lowest BCUT2D eigenvalue weighted by Gasteiger charge is -2.14. The topological polar surface area (TPSA) is 75.6 Å². The third-order valence-corrected chi connectivity index (χ3v) is 6.96. The number of nitrogens with zero attached hydrogens (tertiary/aromatic N) is 3. The Morgan fingerprint density at radius 3 is 2.77 bits per heavy atom. The summed E-state index contributed by atoms with van der Waals surface area (Å²) in [6, 6.07) is 16.6. The fourth-order valence-corrected chi connectivity index (χ4v) is 4.81. The number of carbonyl (C=O) groups is 1. The van der Waals surface area contributed by atoms with Crippen LogP contribution < -0.4 is 5.32 Å². The summed E-state index contributed by atoms with van der Waals surface area (Å²) in [6.45, 7) is 1.99. The number of aromatic amines is 1. The van der Waals surface area contributed by atoms with E-state index < -0.39 is 0 Å². The van der Waals surface area contributed by atoms with Gasteiger partial charge in [0, 0.05) is 33.2 Å². The molecule has 1 atom stereocenters. The number of para-hydroxylation sites is 1. The van der Waals surface area contributed by atoms with Gasteiger partial charge in [-0.25, -0.2) is 0 Å². The first-order chi connectivity index (χ1) is 15.1. The molecular weight excluding hydrogens is 474 g/mol. The van der Waals surface area contributed by atoms with Gasteiger partial charge in [0.1, 0.15) is 0 Å². The van der Waals surface area contributed by atoms with E-state index in [4.69, 9.17) is 0 Å². The predicted molar refractivity (Wildman–Crippen MR) is 127 cm³/mol. The van der Waals surface area contributed by atoms with Crippen molar-refractivity contribution in [3.63, 3.8) is 0 Å². The number of halogens is 1. The zero-order chi connectivity index (χ0) is 21.4. The van der Waals surface area contributed by atoms with Crippen LogP contribution in [0.15, 0.2) is 64.4 Å². The number of aromatic nitrogens is 4. The molecule has 0 spiro atoms. The Hall–Kier alpha value is -2.58. The van der Waals surface area contributed by atoms with Gasteiger partial charge in [0.25, 0.3) is 0 Å². The Balaban J connectivity index is 1.31. The highest BCUT2D eigenvalue weighted by molar-refractivity contribution is 9.10. The van der Waals surface area contributed by atoms with Crippen molar-refractivity contribution in [1.29, 1.82) is 0 Å². The molecule has 5 rings (SSSR count). The minimum Gasteiger partial charge on any atom is -0.360 e. The van der Waals surface area contributed by atoms with Crippen LogP contribution in [0.4, 0.5) is 0 Å². The highest BCUT2D eigenvalue weighted by Gasteiger charge is 2.31. The van der Waals surface area contributed by atoms with Crippen LogP contribution in [-0.4, -0.2) is 31.4 Å². The second kappa shape index (κ2) is 8.51. The van der Waals surface area contributed by atoms with Gasteiger partial charge in [0.2, 0.25) is 5.91 Å². The molecule has 0 radical (unpaired) electrons. The molecule has 0 saturated heterocycles. The minimum atomic E-state index is -0.0516. The molecule has 1 unspecified atom stereocenters. The molecule has 1 aliphatic carbocycles. The van der Waals surface area contributed by atoms with Crippen LogP contribution in [0.2, 0.25) is 0 Å². The quantitative estimate of drug-likeness (QED) is 0.332. The van der Waals surface area contributed by atoms with E-state index in [1.54, 1.807) is 0 Å². The van der Waals surface area contributed by atoms with Crippen molar-refractivity contribution in [3.8, 4) is 11.4 Å². The van der Waals surface area contributed by atoms with Crippen molar-refractivity contribution in [3.05, 3.63) is 64.8 Å². The monoisotopic (exact) mass is 495 g/mol. The SMILES string of the molecule is CC(NC(=O)CSc1nnc(-c2c[nH]c3ccccc23)n1C1CC1)c1ccc(Br)cc1. The first-order valence-corrected chi connectivity index (χ1v) is 12.1. The summed E-state index contributed by atoms with van der Waals surface area (Å²) in [5.41, 5.74) is 3.21. The van der Waals surface area contributed by atoms with Crippen molar-refractivity contribution < 1.29 is 4.79 Å². The molecule has 1 saturated carbocycles. The van der Waals surface area contributed by atoms with Crippen LogP contribution in [0.1, 0.15) is 37.4 Å².